The number of H-pyrrole nitrogens is 1. The summed E-state index contributed by atoms with van der Waals surface area (Å²) in [6, 6.07) is 8.21. The number of aromatic nitrogens is 4. The van der Waals surface area contributed by atoms with Gasteiger partial charge in [0.15, 0.2) is 11.5 Å². The standard InChI is InChI=1S/C16H9FN6O3S/c17-9-3-1-8(2-4-9)13-19-14(10-7-18-22-15(10)20-13)21-16(24)11-5-6-12(27-11)23(25)26/h1-7H,(H2,18,19,20,21,22,24). The quantitative estimate of drug-likeness (QED) is 0.410. The zero-order valence-electron chi connectivity index (χ0n) is 13.3. The molecule has 11 heteroatoms. The Morgan fingerprint density at radius 3 is 2.67 bits per heavy atom. The second kappa shape index (κ2) is 6.53. The topological polar surface area (TPSA) is 127 Å². The van der Waals surface area contributed by atoms with Crippen molar-refractivity contribution in [1.29, 1.82) is 0 Å². The van der Waals surface area contributed by atoms with Crippen LogP contribution in [0.5, 0.6) is 0 Å². The average molecular weight is 384 g/mol. The summed E-state index contributed by atoms with van der Waals surface area (Å²) < 4.78 is 13.1. The molecule has 1 amide bonds. The number of halogens is 1. The third kappa shape index (κ3) is 3.22. The lowest BCUT2D eigenvalue weighted by atomic mass is 10.2. The van der Waals surface area contributed by atoms with Crippen LogP contribution in [0.25, 0.3) is 22.4 Å². The summed E-state index contributed by atoms with van der Waals surface area (Å²) in [5.74, 6) is -0.484. The van der Waals surface area contributed by atoms with Crippen molar-refractivity contribution in [3.63, 3.8) is 0 Å². The highest BCUT2D eigenvalue weighted by Gasteiger charge is 2.18. The number of nitrogens with zero attached hydrogens (tertiary/aromatic N) is 4. The number of hydrogen-bond acceptors (Lipinski definition) is 7. The monoisotopic (exact) mass is 384 g/mol. The van der Waals surface area contributed by atoms with Gasteiger partial charge in [-0.15, -0.1) is 0 Å². The Morgan fingerprint density at radius 1 is 1.19 bits per heavy atom. The number of thiophene rings is 1. The minimum atomic E-state index is -0.562. The summed E-state index contributed by atoms with van der Waals surface area (Å²) in [7, 11) is 0. The summed E-state index contributed by atoms with van der Waals surface area (Å²) in [6.07, 6.45) is 1.45. The summed E-state index contributed by atoms with van der Waals surface area (Å²) in [4.78, 5) is 31.5. The molecule has 0 spiro atoms. The van der Waals surface area contributed by atoms with Crippen LogP contribution in [0.4, 0.5) is 15.2 Å². The number of hydrogen-bond donors (Lipinski definition) is 2. The summed E-state index contributed by atoms with van der Waals surface area (Å²) in [6.45, 7) is 0. The van der Waals surface area contributed by atoms with Crippen molar-refractivity contribution in [2.24, 2.45) is 0 Å². The van der Waals surface area contributed by atoms with Crippen LogP contribution in [0.15, 0.2) is 42.6 Å². The number of carbonyl (C=O) groups excluding carboxylic acids is 1. The van der Waals surface area contributed by atoms with Crippen molar-refractivity contribution in [2.75, 3.05) is 5.32 Å². The number of rotatable bonds is 4. The van der Waals surface area contributed by atoms with Crippen molar-refractivity contribution in [2.45, 2.75) is 0 Å². The van der Waals surface area contributed by atoms with Crippen LogP contribution in [-0.2, 0) is 0 Å². The molecule has 0 bridgehead atoms. The van der Waals surface area contributed by atoms with Crippen molar-refractivity contribution >= 4 is 39.1 Å². The van der Waals surface area contributed by atoms with Crippen LogP contribution in [-0.4, -0.2) is 31.0 Å². The van der Waals surface area contributed by atoms with E-state index in [0.717, 1.165) is 11.3 Å². The fourth-order valence-corrected chi connectivity index (χ4v) is 3.09. The highest BCUT2D eigenvalue weighted by atomic mass is 32.1. The lowest BCUT2D eigenvalue weighted by Crippen LogP contribution is -2.12. The summed E-state index contributed by atoms with van der Waals surface area (Å²) in [5, 5.41) is 20.3. The summed E-state index contributed by atoms with van der Waals surface area (Å²) in [5.41, 5.74) is 0.937. The third-order valence-corrected chi connectivity index (χ3v) is 4.68. The van der Waals surface area contributed by atoms with Crippen LogP contribution in [0.3, 0.4) is 0 Å². The number of carbonyl (C=O) groups is 1. The van der Waals surface area contributed by atoms with Gasteiger partial charge in [0, 0.05) is 11.6 Å². The molecule has 2 N–H and O–H groups in total. The van der Waals surface area contributed by atoms with Crippen LogP contribution in [0, 0.1) is 15.9 Å². The van der Waals surface area contributed by atoms with E-state index >= 15 is 0 Å². The molecule has 0 radical (unpaired) electrons. The van der Waals surface area contributed by atoms with E-state index in [-0.39, 0.29) is 21.5 Å². The van der Waals surface area contributed by atoms with Crippen LogP contribution in [0.2, 0.25) is 0 Å². The van der Waals surface area contributed by atoms with Crippen molar-refractivity contribution in [3.8, 4) is 11.4 Å². The number of amides is 1. The lowest BCUT2D eigenvalue weighted by molar-refractivity contribution is -0.380. The Kier molecular flexibility index (Phi) is 4.05. The first-order chi connectivity index (χ1) is 13.0. The van der Waals surface area contributed by atoms with Crippen LogP contribution < -0.4 is 5.32 Å². The summed E-state index contributed by atoms with van der Waals surface area (Å²) >= 11 is 0.758. The van der Waals surface area contributed by atoms with Crippen molar-refractivity contribution in [1.82, 2.24) is 20.2 Å². The maximum absolute atomic E-state index is 13.1. The van der Waals surface area contributed by atoms with Gasteiger partial charge in [-0.3, -0.25) is 20.0 Å². The average Bonchev–Trinajstić information content (AvgIpc) is 3.32. The van der Waals surface area contributed by atoms with Crippen molar-refractivity contribution in [3.05, 3.63) is 63.4 Å². The first-order valence-electron chi connectivity index (χ1n) is 7.54. The number of anilines is 1. The molecule has 0 atom stereocenters. The van der Waals surface area contributed by atoms with Gasteiger partial charge in [-0.1, -0.05) is 11.3 Å². The molecule has 3 aromatic heterocycles. The first kappa shape index (κ1) is 16.7. The second-order valence-electron chi connectivity index (χ2n) is 5.38. The van der Waals surface area contributed by atoms with Gasteiger partial charge in [-0.25, -0.2) is 14.4 Å². The molecular formula is C16H9FN6O3S. The predicted octanol–water partition coefficient (Wildman–Crippen LogP) is 3.38. The number of benzene rings is 1. The molecular weight excluding hydrogens is 375 g/mol. The largest absolute Gasteiger partial charge is 0.324 e. The molecule has 0 saturated carbocycles. The van der Waals surface area contributed by atoms with E-state index in [0.29, 0.717) is 16.6 Å². The minimum Gasteiger partial charge on any atom is -0.305 e. The van der Waals surface area contributed by atoms with Gasteiger partial charge in [0.1, 0.15) is 11.6 Å². The second-order valence-corrected chi connectivity index (χ2v) is 6.45. The lowest BCUT2D eigenvalue weighted by Gasteiger charge is -2.07. The predicted molar refractivity (Wildman–Crippen MR) is 96.0 cm³/mol. The fraction of sp³-hybridized carbons (Fsp3) is 0. The number of nitrogens with one attached hydrogen (secondary N) is 2. The molecule has 0 aliphatic heterocycles. The number of fused-ring (bicyclic) bond motifs is 1. The molecule has 0 unspecified atom stereocenters. The van der Waals surface area contributed by atoms with E-state index in [1.165, 1.54) is 42.6 Å². The highest BCUT2D eigenvalue weighted by molar-refractivity contribution is 7.17. The highest BCUT2D eigenvalue weighted by Crippen LogP contribution is 2.27. The molecule has 134 valence electrons. The van der Waals surface area contributed by atoms with Crippen LogP contribution >= 0.6 is 11.3 Å². The Morgan fingerprint density at radius 2 is 1.96 bits per heavy atom. The first-order valence-corrected chi connectivity index (χ1v) is 8.35. The van der Waals surface area contributed by atoms with Crippen molar-refractivity contribution < 1.29 is 14.1 Å². The van der Waals surface area contributed by atoms with Gasteiger partial charge in [-0.2, -0.15) is 5.10 Å². The third-order valence-electron chi connectivity index (χ3n) is 3.64. The number of aromatic amines is 1. The Hall–Kier alpha value is -3.73. The molecule has 4 rings (SSSR count). The Balaban J connectivity index is 1.71. The fourth-order valence-electron chi connectivity index (χ4n) is 2.38. The van der Waals surface area contributed by atoms with E-state index in [9.17, 15) is 19.3 Å². The van der Waals surface area contributed by atoms with Gasteiger partial charge in [0.05, 0.1) is 21.4 Å². The maximum Gasteiger partial charge on any atom is 0.324 e. The van der Waals surface area contributed by atoms with Gasteiger partial charge in [-0.05, 0) is 30.3 Å². The molecule has 0 saturated heterocycles. The smallest absolute Gasteiger partial charge is 0.305 e. The Labute approximate surface area is 154 Å². The van der Waals surface area contributed by atoms with E-state index in [1.54, 1.807) is 0 Å². The molecule has 0 aliphatic rings. The van der Waals surface area contributed by atoms with Gasteiger partial charge in [0.2, 0.25) is 0 Å². The molecule has 9 nitrogen and oxygen atoms in total. The molecule has 4 aromatic rings. The molecule has 1 aromatic carbocycles. The van der Waals surface area contributed by atoms with Gasteiger partial charge in [0.25, 0.3) is 5.91 Å². The zero-order valence-corrected chi connectivity index (χ0v) is 14.2. The molecule has 0 aliphatic carbocycles. The van der Waals surface area contributed by atoms with E-state index in [2.05, 4.69) is 25.5 Å². The minimum absolute atomic E-state index is 0.136. The molecule has 0 fully saturated rings. The SMILES string of the molecule is O=C(Nc1nc(-c2ccc(F)cc2)nc2[nH]ncc12)c1ccc([N+](=O)[O-])s1. The van der Waals surface area contributed by atoms with Crippen LogP contribution in [0.1, 0.15) is 9.67 Å². The van der Waals surface area contributed by atoms with Gasteiger partial charge >= 0.3 is 5.00 Å². The van der Waals surface area contributed by atoms with Gasteiger partial charge < -0.3 is 5.32 Å². The van der Waals surface area contributed by atoms with E-state index in [4.69, 9.17) is 0 Å². The van der Waals surface area contributed by atoms with E-state index in [1.807, 2.05) is 0 Å². The molecule has 27 heavy (non-hydrogen) atoms. The maximum atomic E-state index is 13.1. The Bertz CT molecular complexity index is 1170. The zero-order chi connectivity index (χ0) is 19.0. The molecule has 3 heterocycles. The number of nitro groups is 1. The van der Waals surface area contributed by atoms with E-state index < -0.39 is 16.6 Å². The normalized spacial score (nSPS) is 10.9.